The highest BCUT2D eigenvalue weighted by Gasteiger charge is 2.28. The largest absolute Gasteiger partial charge is 0.447 e. The molecule has 0 spiro atoms. The highest BCUT2D eigenvalue weighted by molar-refractivity contribution is 6.31. The average Bonchev–Trinajstić information content (AvgIpc) is 2.85. The van der Waals surface area contributed by atoms with Crippen molar-refractivity contribution in [3.05, 3.63) is 71.1 Å². The van der Waals surface area contributed by atoms with E-state index in [0.29, 0.717) is 5.56 Å². The molecule has 3 amide bonds. The predicted molar refractivity (Wildman–Crippen MR) is 131 cm³/mol. The number of nitrogens with one attached hydrogen (secondary N) is 3. The summed E-state index contributed by atoms with van der Waals surface area (Å²) in [6.45, 7) is -2.18. The molecule has 3 N–H and O–H groups in total. The highest BCUT2D eigenvalue weighted by atomic mass is 35.5. The van der Waals surface area contributed by atoms with Crippen molar-refractivity contribution >= 4 is 40.3 Å². The normalized spacial score (nSPS) is 12.2. The quantitative estimate of drug-likeness (QED) is 0.334. The predicted octanol–water partition coefficient (Wildman–Crippen LogP) is 4.94. The summed E-state index contributed by atoms with van der Waals surface area (Å²) in [4.78, 5) is 30.2. The summed E-state index contributed by atoms with van der Waals surface area (Å²) in [5.74, 6) is -0.440. The molecule has 1 aromatic heterocycles. The van der Waals surface area contributed by atoms with Gasteiger partial charge in [0.25, 0.3) is 0 Å². The molecule has 0 saturated carbocycles. The smallest absolute Gasteiger partial charge is 0.412 e. The Morgan fingerprint density at radius 3 is 2.59 bits per heavy atom. The number of likely N-dealkylation sites (N-methyl/N-ethyl adjacent to an activating group) is 1. The number of carbonyl (C=O) groups is 2. The molecule has 13 heteroatoms. The van der Waals surface area contributed by atoms with Gasteiger partial charge in [-0.3, -0.25) is 5.32 Å². The number of amides is 3. The van der Waals surface area contributed by atoms with Gasteiger partial charge in [0, 0.05) is 31.7 Å². The van der Waals surface area contributed by atoms with Gasteiger partial charge in [-0.2, -0.15) is 13.2 Å². The zero-order valence-electron chi connectivity index (χ0n) is 19.6. The zero-order valence-corrected chi connectivity index (χ0v) is 20.4. The number of anilines is 1. The van der Waals surface area contributed by atoms with Crippen LogP contribution in [0.4, 0.5) is 33.0 Å². The monoisotopic (exact) mass is 541 g/mol. The molecule has 2 aromatic carbocycles. The number of pyridine rings is 1. The number of aromatic nitrogens is 1. The van der Waals surface area contributed by atoms with Crippen LogP contribution in [0, 0.1) is 5.82 Å². The second-order valence-electron chi connectivity index (χ2n) is 8.02. The zero-order chi connectivity index (χ0) is 27.0. The Hall–Kier alpha value is -3.64. The van der Waals surface area contributed by atoms with Gasteiger partial charge in [-0.05, 0) is 23.1 Å². The lowest BCUT2D eigenvalue weighted by molar-refractivity contribution is -0.125. The number of urea groups is 1. The lowest BCUT2D eigenvalue weighted by Gasteiger charge is -2.28. The van der Waals surface area contributed by atoms with Crippen LogP contribution in [-0.2, 0) is 11.3 Å². The van der Waals surface area contributed by atoms with E-state index >= 15 is 0 Å². The van der Waals surface area contributed by atoms with Gasteiger partial charge < -0.3 is 20.3 Å². The molecule has 3 aromatic rings. The fourth-order valence-corrected chi connectivity index (χ4v) is 3.49. The van der Waals surface area contributed by atoms with E-state index in [1.54, 1.807) is 12.3 Å². The molecule has 0 aliphatic rings. The molecule has 0 fully saturated rings. The molecule has 0 saturated heterocycles. The van der Waals surface area contributed by atoms with Gasteiger partial charge in [-0.25, -0.2) is 19.0 Å². The third-order valence-corrected chi connectivity index (χ3v) is 5.73. The van der Waals surface area contributed by atoms with Crippen molar-refractivity contribution in [3.63, 3.8) is 0 Å². The number of hydrogen-bond acceptors (Lipinski definition) is 5. The number of fused-ring (bicyclic) bond motifs is 1. The first-order chi connectivity index (χ1) is 17.5. The van der Waals surface area contributed by atoms with Gasteiger partial charge >= 0.3 is 18.3 Å². The Labute approximate surface area is 214 Å². The number of benzene rings is 2. The van der Waals surface area contributed by atoms with Crippen molar-refractivity contribution in [3.8, 4) is 0 Å². The second kappa shape index (κ2) is 12.5. The summed E-state index contributed by atoms with van der Waals surface area (Å²) in [6, 6.07) is 11.4. The number of carbonyl (C=O) groups excluding carboxylic acids is 2. The summed E-state index contributed by atoms with van der Waals surface area (Å²) in [6.07, 6.45) is -3.80. The van der Waals surface area contributed by atoms with Crippen LogP contribution in [0.1, 0.15) is 5.56 Å². The molecule has 0 aliphatic heterocycles. The van der Waals surface area contributed by atoms with Crippen LogP contribution in [0.2, 0.25) is 5.02 Å². The van der Waals surface area contributed by atoms with Gasteiger partial charge in [0.15, 0.2) is 0 Å². The molecule has 0 aliphatic carbocycles. The van der Waals surface area contributed by atoms with Crippen molar-refractivity contribution in [1.29, 1.82) is 0 Å². The van der Waals surface area contributed by atoms with Crippen LogP contribution in [-0.4, -0.2) is 61.0 Å². The third kappa shape index (κ3) is 8.46. The molecule has 198 valence electrons. The lowest BCUT2D eigenvalue weighted by Crippen LogP contribution is -2.51. The minimum Gasteiger partial charge on any atom is -0.447 e. The van der Waals surface area contributed by atoms with Crippen LogP contribution >= 0.6 is 11.6 Å². The Kier molecular flexibility index (Phi) is 9.48. The summed E-state index contributed by atoms with van der Waals surface area (Å²) >= 11 is 5.89. The molecule has 37 heavy (non-hydrogen) atoms. The Bertz CT molecular complexity index is 1240. The molecule has 0 radical (unpaired) electrons. The molecule has 0 bridgehead atoms. The van der Waals surface area contributed by atoms with Gasteiger partial charge in [0.2, 0.25) is 0 Å². The highest BCUT2D eigenvalue weighted by Crippen LogP contribution is 2.20. The number of ether oxygens (including phenoxy) is 1. The summed E-state index contributed by atoms with van der Waals surface area (Å²) < 4.78 is 56.6. The minimum absolute atomic E-state index is 0.128. The fourth-order valence-electron chi connectivity index (χ4n) is 3.30. The first-order valence-electron chi connectivity index (χ1n) is 11.0. The van der Waals surface area contributed by atoms with Crippen molar-refractivity contribution in [2.45, 2.75) is 18.8 Å². The lowest BCUT2D eigenvalue weighted by atomic mass is 10.2. The standard InChI is InChI=1S/C24H24ClF4N5O3/c1-34(22(35)32-11-17-7-4-8-19(26)21(17)25)18(12-30-14-24(27,28)29)13-37-23(36)33-20-9-15-5-2-3-6-16(15)10-31-20/h2-10,18,30H,11-14H2,1H3,(H,32,35)(H,31,33,36)/t18-/m0/s1. The van der Waals surface area contributed by atoms with E-state index in [1.165, 1.54) is 19.2 Å². The maximum Gasteiger partial charge on any atom is 0.412 e. The van der Waals surface area contributed by atoms with Gasteiger partial charge in [0.05, 0.1) is 17.6 Å². The van der Waals surface area contributed by atoms with Crippen LogP contribution in [0.3, 0.4) is 0 Å². The Morgan fingerprint density at radius 2 is 1.86 bits per heavy atom. The molecule has 0 unspecified atom stereocenters. The topological polar surface area (TPSA) is 95.6 Å². The Balaban J connectivity index is 1.60. The first-order valence-corrected chi connectivity index (χ1v) is 11.4. The molecule has 1 atom stereocenters. The summed E-state index contributed by atoms with van der Waals surface area (Å²) in [5.41, 5.74) is 0.314. The first kappa shape index (κ1) is 27.9. The number of nitrogens with zero attached hydrogens (tertiary/aromatic N) is 2. The van der Waals surface area contributed by atoms with E-state index in [0.717, 1.165) is 21.7 Å². The molecule has 8 nitrogen and oxygen atoms in total. The molecular formula is C24H24ClF4N5O3. The maximum atomic E-state index is 13.6. The third-order valence-electron chi connectivity index (χ3n) is 5.30. The molecule has 3 rings (SSSR count). The van der Waals surface area contributed by atoms with E-state index in [-0.39, 0.29) is 23.9 Å². The van der Waals surface area contributed by atoms with E-state index < -0.39 is 43.3 Å². The van der Waals surface area contributed by atoms with Crippen LogP contribution in [0.5, 0.6) is 0 Å². The van der Waals surface area contributed by atoms with Gasteiger partial charge in [-0.15, -0.1) is 0 Å². The Morgan fingerprint density at radius 1 is 1.14 bits per heavy atom. The summed E-state index contributed by atoms with van der Waals surface area (Å²) in [7, 11) is 1.33. The van der Waals surface area contributed by atoms with E-state index in [4.69, 9.17) is 16.3 Å². The van der Waals surface area contributed by atoms with Crippen molar-refractivity contribution in [2.24, 2.45) is 0 Å². The molecular weight excluding hydrogens is 518 g/mol. The number of hydrogen-bond donors (Lipinski definition) is 3. The van der Waals surface area contributed by atoms with E-state index in [2.05, 4.69) is 20.9 Å². The average molecular weight is 542 g/mol. The van der Waals surface area contributed by atoms with Crippen LogP contribution < -0.4 is 16.0 Å². The number of halogens is 5. The second-order valence-corrected chi connectivity index (χ2v) is 8.40. The molecule has 1 heterocycles. The van der Waals surface area contributed by atoms with Crippen molar-refractivity contribution < 1.29 is 31.9 Å². The SMILES string of the molecule is CN(C(=O)NCc1cccc(F)c1Cl)[C@@H](CNCC(F)(F)F)COC(=O)Nc1cc2ccccc2cn1. The fraction of sp³-hybridized carbons (Fsp3) is 0.292. The van der Waals surface area contributed by atoms with E-state index in [1.807, 2.05) is 24.3 Å². The van der Waals surface area contributed by atoms with Crippen molar-refractivity contribution in [1.82, 2.24) is 20.5 Å². The summed E-state index contributed by atoms with van der Waals surface area (Å²) in [5, 5.41) is 8.72. The van der Waals surface area contributed by atoms with Crippen LogP contribution in [0.25, 0.3) is 10.8 Å². The van der Waals surface area contributed by atoms with Crippen LogP contribution in [0.15, 0.2) is 54.7 Å². The van der Waals surface area contributed by atoms with Gasteiger partial charge in [-0.1, -0.05) is 48.0 Å². The maximum absolute atomic E-state index is 13.6. The van der Waals surface area contributed by atoms with Crippen molar-refractivity contribution in [2.75, 3.05) is 32.1 Å². The van der Waals surface area contributed by atoms with E-state index in [9.17, 15) is 27.2 Å². The number of rotatable bonds is 9. The minimum atomic E-state index is -4.47. The van der Waals surface area contributed by atoms with Gasteiger partial charge in [0.1, 0.15) is 18.2 Å². The number of alkyl halides is 3.